The Balaban J connectivity index is 1.96. The van der Waals surface area contributed by atoms with E-state index in [-0.39, 0.29) is 17.5 Å². The number of methoxy groups -OCH3 is 1. The van der Waals surface area contributed by atoms with Crippen LogP contribution in [-0.4, -0.2) is 37.5 Å². The number of esters is 1. The molecule has 132 valence electrons. The summed E-state index contributed by atoms with van der Waals surface area (Å²) in [4.78, 5) is 25.7. The minimum atomic E-state index is -0.894. The van der Waals surface area contributed by atoms with Gasteiger partial charge in [0.2, 0.25) is 0 Å². The molecule has 0 N–H and O–H groups in total. The first-order valence-corrected chi connectivity index (χ1v) is 7.75. The van der Waals surface area contributed by atoms with Gasteiger partial charge in [0.05, 0.1) is 18.7 Å². The van der Waals surface area contributed by atoms with Crippen molar-refractivity contribution in [1.82, 2.24) is 4.90 Å². The van der Waals surface area contributed by atoms with Gasteiger partial charge in [-0.2, -0.15) is 0 Å². The Hall–Kier alpha value is -2.89. The summed E-state index contributed by atoms with van der Waals surface area (Å²) in [5.74, 6) is -1.74. The fourth-order valence-electron chi connectivity index (χ4n) is 2.27. The molecule has 0 spiro atoms. The molecular formula is C19H20FNO4. The molecule has 0 aliphatic carbocycles. The van der Waals surface area contributed by atoms with Crippen molar-refractivity contribution in [2.75, 3.05) is 20.8 Å². The van der Waals surface area contributed by atoms with E-state index < -0.39 is 18.4 Å². The summed E-state index contributed by atoms with van der Waals surface area (Å²) in [6.07, 6.45) is 0. The van der Waals surface area contributed by atoms with Crippen LogP contribution in [0.25, 0.3) is 0 Å². The average molecular weight is 345 g/mol. The zero-order chi connectivity index (χ0) is 18.4. The molecule has 0 fully saturated rings. The summed E-state index contributed by atoms with van der Waals surface area (Å²) < 4.78 is 23.7. The highest BCUT2D eigenvalue weighted by Crippen LogP contribution is 2.19. The van der Waals surface area contributed by atoms with Crippen LogP contribution in [0.2, 0.25) is 0 Å². The number of carbonyl (C=O) groups excluding carboxylic acids is 2. The number of benzene rings is 2. The fourth-order valence-corrected chi connectivity index (χ4v) is 2.27. The van der Waals surface area contributed by atoms with Gasteiger partial charge in [-0.25, -0.2) is 9.18 Å². The van der Waals surface area contributed by atoms with Gasteiger partial charge < -0.3 is 14.4 Å². The van der Waals surface area contributed by atoms with Gasteiger partial charge in [-0.15, -0.1) is 0 Å². The highest BCUT2D eigenvalue weighted by molar-refractivity contribution is 5.91. The van der Waals surface area contributed by atoms with Crippen LogP contribution in [0.5, 0.6) is 5.75 Å². The predicted molar refractivity (Wildman–Crippen MR) is 90.9 cm³/mol. The SMILES string of the molecule is COc1ccc(C(=O)OCC(=O)N(C)[C@H](C)c2ccccc2)c(F)c1. The van der Waals surface area contributed by atoms with E-state index in [0.717, 1.165) is 11.6 Å². The number of carbonyl (C=O) groups is 2. The van der Waals surface area contributed by atoms with Gasteiger partial charge in [-0.05, 0) is 24.6 Å². The van der Waals surface area contributed by atoms with E-state index in [1.54, 1.807) is 7.05 Å². The Morgan fingerprint density at radius 1 is 1.16 bits per heavy atom. The summed E-state index contributed by atoms with van der Waals surface area (Å²) in [5.41, 5.74) is 0.721. The second-order valence-corrected chi connectivity index (χ2v) is 5.51. The number of amides is 1. The van der Waals surface area contributed by atoms with E-state index in [1.807, 2.05) is 37.3 Å². The first-order valence-electron chi connectivity index (χ1n) is 7.75. The van der Waals surface area contributed by atoms with E-state index in [1.165, 1.54) is 24.1 Å². The molecule has 0 aromatic heterocycles. The van der Waals surface area contributed by atoms with Gasteiger partial charge in [0.25, 0.3) is 5.91 Å². The normalized spacial score (nSPS) is 11.5. The van der Waals surface area contributed by atoms with Crippen molar-refractivity contribution >= 4 is 11.9 Å². The zero-order valence-electron chi connectivity index (χ0n) is 14.4. The van der Waals surface area contributed by atoms with Gasteiger partial charge in [-0.1, -0.05) is 30.3 Å². The third-order valence-electron chi connectivity index (χ3n) is 3.98. The summed E-state index contributed by atoms with van der Waals surface area (Å²) in [5, 5.41) is 0. The maximum absolute atomic E-state index is 13.8. The lowest BCUT2D eigenvalue weighted by molar-refractivity contribution is -0.135. The van der Waals surface area contributed by atoms with Gasteiger partial charge in [0.1, 0.15) is 11.6 Å². The van der Waals surface area contributed by atoms with Gasteiger partial charge >= 0.3 is 5.97 Å². The van der Waals surface area contributed by atoms with Crippen molar-refractivity contribution in [1.29, 1.82) is 0 Å². The molecule has 0 aliphatic heterocycles. The molecule has 0 bridgehead atoms. The molecule has 0 saturated carbocycles. The number of hydrogen-bond acceptors (Lipinski definition) is 4. The third-order valence-corrected chi connectivity index (χ3v) is 3.98. The average Bonchev–Trinajstić information content (AvgIpc) is 2.65. The lowest BCUT2D eigenvalue weighted by Crippen LogP contribution is -2.33. The molecule has 2 aromatic carbocycles. The Bertz CT molecular complexity index is 748. The molecule has 5 nitrogen and oxygen atoms in total. The summed E-state index contributed by atoms with van der Waals surface area (Å²) in [7, 11) is 3.02. The quantitative estimate of drug-likeness (QED) is 0.755. The number of ether oxygens (including phenoxy) is 2. The topological polar surface area (TPSA) is 55.8 Å². The Morgan fingerprint density at radius 3 is 2.44 bits per heavy atom. The smallest absolute Gasteiger partial charge is 0.341 e. The Kier molecular flexibility index (Phi) is 6.11. The number of hydrogen-bond donors (Lipinski definition) is 0. The van der Waals surface area contributed by atoms with Gasteiger partial charge in [0, 0.05) is 13.1 Å². The number of nitrogens with zero attached hydrogens (tertiary/aromatic N) is 1. The molecule has 6 heteroatoms. The molecule has 0 unspecified atom stereocenters. The minimum Gasteiger partial charge on any atom is -0.497 e. The number of rotatable bonds is 6. The predicted octanol–water partition coefficient (Wildman–Crippen LogP) is 3.21. The molecule has 2 rings (SSSR count). The van der Waals surface area contributed by atoms with Crippen LogP contribution in [0.3, 0.4) is 0 Å². The van der Waals surface area contributed by atoms with Crippen LogP contribution in [0.1, 0.15) is 28.9 Å². The van der Waals surface area contributed by atoms with Crippen molar-refractivity contribution in [2.45, 2.75) is 13.0 Å². The second kappa shape index (κ2) is 8.28. The van der Waals surface area contributed by atoms with E-state index in [9.17, 15) is 14.0 Å². The van der Waals surface area contributed by atoms with E-state index in [0.29, 0.717) is 5.75 Å². The van der Waals surface area contributed by atoms with Gasteiger partial charge in [-0.3, -0.25) is 4.79 Å². The van der Waals surface area contributed by atoms with Crippen LogP contribution < -0.4 is 4.74 Å². The summed E-state index contributed by atoms with van der Waals surface area (Å²) in [6.45, 7) is 1.41. The van der Waals surface area contributed by atoms with Gasteiger partial charge in [0.15, 0.2) is 6.61 Å². The second-order valence-electron chi connectivity index (χ2n) is 5.51. The minimum absolute atomic E-state index is 0.176. The first-order chi connectivity index (χ1) is 11.9. The van der Waals surface area contributed by atoms with Crippen molar-refractivity contribution in [3.05, 3.63) is 65.5 Å². The van der Waals surface area contributed by atoms with Crippen molar-refractivity contribution < 1.29 is 23.5 Å². The Labute approximate surface area is 146 Å². The summed E-state index contributed by atoms with van der Waals surface area (Å²) in [6, 6.07) is 13.1. The monoisotopic (exact) mass is 345 g/mol. The fraction of sp³-hybridized carbons (Fsp3) is 0.263. The largest absolute Gasteiger partial charge is 0.497 e. The lowest BCUT2D eigenvalue weighted by Gasteiger charge is -2.25. The molecular weight excluding hydrogens is 325 g/mol. The van der Waals surface area contributed by atoms with E-state index in [2.05, 4.69) is 0 Å². The van der Waals surface area contributed by atoms with Crippen LogP contribution >= 0.6 is 0 Å². The lowest BCUT2D eigenvalue weighted by atomic mass is 10.1. The van der Waals surface area contributed by atoms with Crippen LogP contribution in [0, 0.1) is 5.82 Å². The van der Waals surface area contributed by atoms with Crippen molar-refractivity contribution in [3.63, 3.8) is 0 Å². The molecule has 0 aliphatic rings. The standard InChI is InChI=1S/C19H20FNO4/c1-13(14-7-5-4-6-8-14)21(2)18(22)12-25-19(23)16-10-9-15(24-3)11-17(16)20/h4-11,13H,12H2,1-3H3/t13-/m1/s1. The van der Waals surface area contributed by atoms with E-state index in [4.69, 9.17) is 9.47 Å². The van der Waals surface area contributed by atoms with Crippen LogP contribution in [0.4, 0.5) is 4.39 Å². The van der Waals surface area contributed by atoms with E-state index >= 15 is 0 Å². The maximum Gasteiger partial charge on any atom is 0.341 e. The molecule has 1 amide bonds. The van der Waals surface area contributed by atoms with Crippen LogP contribution in [-0.2, 0) is 9.53 Å². The highest BCUT2D eigenvalue weighted by Gasteiger charge is 2.20. The zero-order valence-corrected chi connectivity index (χ0v) is 14.4. The number of likely N-dealkylation sites (N-methyl/N-ethyl adjacent to an activating group) is 1. The molecule has 2 aromatic rings. The number of halogens is 1. The molecule has 25 heavy (non-hydrogen) atoms. The van der Waals surface area contributed by atoms with Crippen molar-refractivity contribution in [2.24, 2.45) is 0 Å². The third kappa shape index (κ3) is 4.56. The molecule has 0 radical (unpaired) electrons. The molecule has 1 atom stereocenters. The van der Waals surface area contributed by atoms with Crippen LogP contribution in [0.15, 0.2) is 48.5 Å². The maximum atomic E-state index is 13.8. The highest BCUT2D eigenvalue weighted by atomic mass is 19.1. The molecule has 0 heterocycles. The Morgan fingerprint density at radius 2 is 1.84 bits per heavy atom. The van der Waals surface area contributed by atoms with Crippen molar-refractivity contribution in [3.8, 4) is 5.75 Å². The first kappa shape index (κ1) is 18.4. The summed E-state index contributed by atoms with van der Waals surface area (Å²) >= 11 is 0. The molecule has 0 saturated heterocycles.